The zero-order valence-corrected chi connectivity index (χ0v) is 23.2. The van der Waals surface area contributed by atoms with Crippen molar-refractivity contribution >= 4 is 5.91 Å². The van der Waals surface area contributed by atoms with E-state index >= 15 is 17.6 Å². The molecule has 0 saturated carbocycles. The Hall–Kier alpha value is -3.91. The molecular weight excluding hydrogens is 528 g/mol. The van der Waals surface area contributed by atoms with Crippen molar-refractivity contribution in [3.05, 3.63) is 69.7 Å². The number of carbonyl (C=O) groups is 1. The zero-order valence-electron chi connectivity index (χ0n) is 23.2. The number of nitriles is 1. The molecule has 0 radical (unpaired) electrons. The van der Waals surface area contributed by atoms with Gasteiger partial charge in [0.2, 0.25) is 5.91 Å². The first-order valence-electron chi connectivity index (χ1n) is 12.7. The van der Waals surface area contributed by atoms with Gasteiger partial charge < -0.3 is 20.1 Å². The molecular formula is C29H32F4N4O3. The topological polar surface area (TPSA) is 114 Å². The summed E-state index contributed by atoms with van der Waals surface area (Å²) in [5.41, 5.74) is 2.52. The van der Waals surface area contributed by atoms with Crippen molar-refractivity contribution < 1.29 is 32.2 Å². The summed E-state index contributed by atoms with van der Waals surface area (Å²) in [6.07, 6.45) is 0.0149. The molecule has 0 bridgehead atoms. The van der Waals surface area contributed by atoms with Crippen molar-refractivity contribution in [3.63, 3.8) is 0 Å². The van der Waals surface area contributed by atoms with E-state index in [1.807, 2.05) is 26.8 Å². The van der Waals surface area contributed by atoms with Crippen LogP contribution >= 0.6 is 0 Å². The van der Waals surface area contributed by atoms with Gasteiger partial charge in [-0.2, -0.15) is 5.26 Å². The van der Waals surface area contributed by atoms with Gasteiger partial charge >= 0.3 is 0 Å². The Balaban J connectivity index is 2.22. The third-order valence-corrected chi connectivity index (χ3v) is 6.44. The Morgan fingerprint density at radius 3 is 2.20 bits per heavy atom. The molecule has 214 valence electrons. The first-order chi connectivity index (χ1) is 18.6. The Kier molecular flexibility index (Phi) is 8.94. The average molecular weight is 561 g/mol. The van der Waals surface area contributed by atoms with Gasteiger partial charge in [0.1, 0.15) is 17.6 Å². The molecule has 0 aliphatic carbocycles. The summed E-state index contributed by atoms with van der Waals surface area (Å²) in [5, 5.41) is 19.7. The Morgan fingerprint density at radius 1 is 1.15 bits per heavy atom. The lowest BCUT2D eigenvalue weighted by molar-refractivity contribution is 0.0998. The maximum atomic E-state index is 15.5. The van der Waals surface area contributed by atoms with Crippen molar-refractivity contribution in [1.29, 1.82) is 5.26 Å². The minimum Gasteiger partial charge on any atom is -0.490 e. The highest BCUT2D eigenvalue weighted by Crippen LogP contribution is 2.39. The van der Waals surface area contributed by atoms with E-state index in [4.69, 9.17) is 10.5 Å². The summed E-state index contributed by atoms with van der Waals surface area (Å²) >= 11 is 0. The monoisotopic (exact) mass is 560 g/mol. The number of imidazole rings is 1. The number of aromatic nitrogens is 2. The molecule has 1 amide bonds. The van der Waals surface area contributed by atoms with Gasteiger partial charge in [0.15, 0.2) is 23.3 Å². The minimum absolute atomic E-state index is 0.0366. The highest BCUT2D eigenvalue weighted by atomic mass is 19.2. The number of primary amides is 1. The number of amides is 1. The van der Waals surface area contributed by atoms with E-state index in [-0.39, 0.29) is 40.7 Å². The van der Waals surface area contributed by atoms with Gasteiger partial charge in [0.25, 0.3) is 0 Å². The van der Waals surface area contributed by atoms with Crippen molar-refractivity contribution in [1.82, 2.24) is 9.55 Å². The van der Waals surface area contributed by atoms with E-state index in [0.29, 0.717) is 5.82 Å². The number of carbonyl (C=O) groups excluding carboxylic acids is 1. The molecule has 0 spiro atoms. The van der Waals surface area contributed by atoms with Crippen LogP contribution in [-0.4, -0.2) is 33.3 Å². The van der Waals surface area contributed by atoms with Gasteiger partial charge in [0, 0.05) is 36.4 Å². The fraction of sp³-hybridized carbons (Fsp3) is 0.414. The highest BCUT2D eigenvalue weighted by Gasteiger charge is 2.33. The molecule has 0 aliphatic rings. The van der Waals surface area contributed by atoms with Crippen LogP contribution in [0.15, 0.2) is 18.3 Å². The lowest BCUT2D eigenvalue weighted by atomic mass is 9.82. The number of ether oxygens (including phenoxy) is 1. The first kappa shape index (κ1) is 30.6. The molecule has 3 rings (SSSR count). The Bertz CT molecular complexity index is 1460. The number of rotatable bonds is 9. The first-order valence-corrected chi connectivity index (χ1v) is 12.7. The molecule has 0 fully saturated rings. The zero-order chi connectivity index (χ0) is 30.1. The SMILES string of the molecule is CC(C)Oc1ccc(C(N)=O)c(C(CCO)Cc2c(F)c(F)c(-c3cn(C)c(C(C)(C)C)n3)c(F)c2F)c1C#N. The maximum absolute atomic E-state index is 15.5. The third-order valence-electron chi connectivity index (χ3n) is 6.44. The molecule has 40 heavy (non-hydrogen) atoms. The fourth-order valence-electron chi connectivity index (χ4n) is 4.82. The molecule has 1 heterocycles. The van der Waals surface area contributed by atoms with E-state index in [1.54, 1.807) is 20.9 Å². The largest absolute Gasteiger partial charge is 0.490 e. The molecule has 1 unspecified atom stereocenters. The van der Waals surface area contributed by atoms with E-state index in [9.17, 15) is 15.2 Å². The van der Waals surface area contributed by atoms with Crippen molar-refractivity contribution in [2.24, 2.45) is 12.8 Å². The van der Waals surface area contributed by atoms with Crippen LogP contribution in [0.2, 0.25) is 0 Å². The maximum Gasteiger partial charge on any atom is 0.249 e. The van der Waals surface area contributed by atoms with Gasteiger partial charge in [-0.3, -0.25) is 4.79 Å². The number of halogens is 4. The predicted octanol–water partition coefficient (Wildman–Crippen LogP) is 5.41. The van der Waals surface area contributed by atoms with Crippen LogP contribution in [-0.2, 0) is 18.9 Å². The van der Waals surface area contributed by atoms with Crippen LogP contribution < -0.4 is 10.5 Å². The van der Waals surface area contributed by atoms with Crippen LogP contribution in [0.25, 0.3) is 11.3 Å². The summed E-state index contributed by atoms with van der Waals surface area (Å²) in [7, 11) is 1.60. The number of aliphatic hydroxyl groups is 1. The lowest BCUT2D eigenvalue weighted by Gasteiger charge is -2.23. The van der Waals surface area contributed by atoms with Gasteiger partial charge in [-0.15, -0.1) is 0 Å². The summed E-state index contributed by atoms with van der Waals surface area (Å²) in [5.74, 6) is -8.11. The number of nitrogens with zero attached hydrogens (tertiary/aromatic N) is 3. The quantitative estimate of drug-likeness (QED) is 0.268. The van der Waals surface area contributed by atoms with Crippen LogP contribution in [0.5, 0.6) is 5.75 Å². The molecule has 1 atom stereocenters. The average Bonchev–Trinajstić information content (AvgIpc) is 3.25. The van der Waals surface area contributed by atoms with E-state index in [0.717, 1.165) is 0 Å². The molecule has 2 aromatic carbocycles. The normalized spacial score (nSPS) is 12.5. The second kappa shape index (κ2) is 11.7. The molecule has 7 nitrogen and oxygen atoms in total. The Labute approximate surface area is 230 Å². The summed E-state index contributed by atoms with van der Waals surface area (Å²) in [4.78, 5) is 16.5. The van der Waals surface area contributed by atoms with Crippen molar-refractivity contribution in [3.8, 4) is 23.1 Å². The fourth-order valence-corrected chi connectivity index (χ4v) is 4.82. The van der Waals surface area contributed by atoms with Crippen molar-refractivity contribution in [2.45, 2.75) is 64.9 Å². The molecule has 0 aliphatic heterocycles. The molecule has 3 N–H and O–H groups in total. The van der Waals surface area contributed by atoms with Gasteiger partial charge in [-0.25, -0.2) is 22.5 Å². The summed E-state index contributed by atoms with van der Waals surface area (Å²) in [6.45, 7) is 8.37. The van der Waals surface area contributed by atoms with E-state index in [1.165, 1.54) is 22.9 Å². The molecule has 3 aromatic rings. The van der Waals surface area contributed by atoms with Gasteiger partial charge in [0.05, 0.1) is 22.9 Å². The Morgan fingerprint density at radius 2 is 1.75 bits per heavy atom. The summed E-state index contributed by atoms with van der Waals surface area (Å²) < 4.78 is 68.9. The van der Waals surface area contributed by atoms with Crippen molar-refractivity contribution in [2.75, 3.05) is 6.61 Å². The summed E-state index contributed by atoms with van der Waals surface area (Å²) in [6, 6.07) is 4.60. The van der Waals surface area contributed by atoms with Crippen LogP contribution in [0.1, 0.15) is 79.8 Å². The highest BCUT2D eigenvalue weighted by molar-refractivity contribution is 5.95. The van der Waals surface area contributed by atoms with Crippen LogP contribution in [0.4, 0.5) is 17.6 Å². The molecule has 1 aromatic heterocycles. The lowest BCUT2D eigenvalue weighted by Crippen LogP contribution is -2.21. The predicted molar refractivity (Wildman–Crippen MR) is 141 cm³/mol. The van der Waals surface area contributed by atoms with E-state index < -0.39 is 64.7 Å². The third kappa shape index (κ3) is 5.82. The number of benzene rings is 2. The second-order valence-corrected chi connectivity index (χ2v) is 10.9. The minimum atomic E-state index is -1.64. The molecule has 11 heteroatoms. The smallest absolute Gasteiger partial charge is 0.249 e. The second-order valence-electron chi connectivity index (χ2n) is 10.9. The number of aryl methyl sites for hydroxylation is 1. The van der Waals surface area contributed by atoms with Gasteiger partial charge in [-0.05, 0) is 50.3 Å². The van der Waals surface area contributed by atoms with Gasteiger partial charge in [-0.1, -0.05) is 20.8 Å². The number of nitrogens with two attached hydrogens (primary N) is 1. The van der Waals surface area contributed by atoms with Crippen LogP contribution in [0.3, 0.4) is 0 Å². The van der Waals surface area contributed by atoms with Crippen LogP contribution in [0, 0.1) is 34.6 Å². The molecule has 0 saturated heterocycles. The number of aliphatic hydroxyl groups excluding tert-OH is 1. The number of hydrogen-bond donors (Lipinski definition) is 2. The standard InChI is InChI=1S/C29H32F4N4O3/c1-14(2)40-20-8-7-16(27(35)39)21(18(20)12-34)15(9-10-38)11-17-23(30)25(32)22(26(33)24(17)31)19-13-37(6)28(36-19)29(3,4)5/h7-8,13-15,38H,9-11H2,1-6H3,(H2,35,39). The van der Waals surface area contributed by atoms with E-state index in [2.05, 4.69) is 4.98 Å². The number of hydrogen-bond acceptors (Lipinski definition) is 5.